The number of aliphatic hydroxyl groups excluding tert-OH is 2. The minimum Gasteiger partial charge on any atom is -0.393 e. The molecule has 4 rings (SSSR count). The minimum atomic E-state index is -0.145. The lowest BCUT2D eigenvalue weighted by Crippen LogP contribution is -2.54. The molecule has 0 radical (unpaired) electrons. The molecule has 4 aliphatic carbocycles. The van der Waals surface area contributed by atoms with Crippen LogP contribution in [0.25, 0.3) is 0 Å². The molecule has 4 fully saturated rings. The first kappa shape index (κ1) is 23.1. The van der Waals surface area contributed by atoms with Crippen LogP contribution in [0.5, 0.6) is 0 Å². The first-order valence-electron chi connectivity index (χ1n) is 13.4. The maximum Gasteiger partial charge on any atom is 0.0571 e. The lowest BCUT2D eigenvalue weighted by Gasteiger charge is -2.61. The van der Waals surface area contributed by atoms with Crippen molar-refractivity contribution in [2.45, 2.75) is 118 Å². The molecule has 4 saturated carbocycles. The molecule has 1 unspecified atom stereocenters. The quantitative estimate of drug-likeness (QED) is 0.522. The molecule has 2 N–H and O–H groups in total. The van der Waals surface area contributed by atoms with Crippen LogP contribution in [-0.2, 0) is 0 Å². The Morgan fingerprint density at radius 2 is 1.50 bits per heavy atom. The average molecular weight is 419 g/mol. The maximum atomic E-state index is 11.1. The molecule has 0 spiro atoms. The number of hydrogen-bond acceptors (Lipinski definition) is 2. The van der Waals surface area contributed by atoms with E-state index in [1.54, 1.807) is 0 Å². The van der Waals surface area contributed by atoms with Crippen molar-refractivity contribution in [2.75, 3.05) is 0 Å². The third-order valence-corrected chi connectivity index (χ3v) is 11.7. The van der Waals surface area contributed by atoms with Gasteiger partial charge in [-0.25, -0.2) is 0 Å². The molecule has 174 valence electrons. The molecule has 0 amide bonds. The van der Waals surface area contributed by atoms with E-state index < -0.39 is 0 Å². The van der Waals surface area contributed by atoms with Crippen LogP contribution in [0.15, 0.2) is 0 Å². The van der Waals surface area contributed by atoms with Crippen LogP contribution in [0.3, 0.4) is 0 Å². The lowest BCUT2D eigenvalue weighted by molar-refractivity contribution is -0.132. The first-order valence-corrected chi connectivity index (χ1v) is 13.4. The average Bonchev–Trinajstić information content (AvgIpc) is 3.04. The zero-order chi connectivity index (χ0) is 21.8. The summed E-state index contributed by atoms with van der Waals surface area (Å²) in [5.74, 6) is 5.75. The van der Waals surface area contributed by atoms with E-state index in [1.807, 2.05) is 0 Å². The molecule has 30 heavy (non-hydrogen) atoms. The van der Waals surface area contributed by atoms with Gasteiger partial charge in [0.15, 0.2) is 0 Å². The van der Waals surface area contributed by atoms with Gasteiger partial charge in [0.1, 0.15) is 0 Å². The molecule has 2 nitrogen and oxygen atoms in total. The maximum absolute atomic E-state index is 11.1. The van der Waals surface area contributed by atoms with E-state index in [2.05, 4.69) is 41.5 Å². The Kier molecular flexibility index (Phi) is 6.44. The van der Waals surface area contributed by atoms with Gasteiger partial charge in [-0.1, -0.05) is 41.5 Å². The molecule has 0 aromatic rings. The Hall–Kier alpha value is -0.0800. The molecular formula is C28H50O2. The Balaban J connectivity index is 1.49. The normalized spacial score (nSPS) is 49.1. The Morgan fingerprint density at radius 1 is 0.833 bits per heavy atom. The fourth-order valence-corrected chi connectivity index (χ4v) is 9.28. The largest absolute Gasteiger partial charge is 0.393 e. The van der Waals surface area contributed by atoms with E-state index in [9.17, 15) is 10.2 Å². The summed E-state index contributed by atoms with van der Waals surface area (Å²) in [7, 11) is 0. The van der Waals surface area contributed by atoms with Crippen molar-refractivity contribution in [3.63, 3.8) is 0 Å². The van der Waals surface area contributed by atoms with Gasteiger partial charge in [0.05, 0.1) is 12.2 Å². The summed E-state index contributed by atoms with van der Waals surface area (Å²) in [5, 5.41) is 21.4. The summed E-state index contributed by atoms with van der Waals surface area (Å²) >= 11 is 0. The molecule has 0 saturated heterocycles. The highest BCUT2D eigenvalue weighted by Crippen LogP contribution is 2.68. The number of fused-ring (bicyclic) bond motifs is 5. The second-order valence-corrected chi connectivity index (χ2v) is 13.2. The number of rotatable bonds is 5. The Labute approximate surface area is 186 Å². The molecule has 11 atom stereocenters. The van der Waals surface area contributed by atoms with Crippen LogP contribution >= 0.6 is 0 Å². The summed E-state index contributed by atoms with van der Waals surface area (Å²) in [6, 6.07) is 0. The van der Waals surface area contributed by atoms with Crippen molar-refractivity contribution in [1.29, 1.82) is 0 Å². The molecule has 0 bridgehead atoms. The first-order chi connectivity index (χ1) is 14.1. The van der Waals surface area contributed by atoms with Gasteiger partial charge < -0.3 is 10.2 Å². The highest BCUT2D eigenvalue weighted by atomic mass is 16.3. The summed E-state index contributed by atoms with van der Waals surface area (Å²) < 4.78 is 0. The monoisotopic (exact) mass is 418 g/mol. The van der Waals surface area contributed by atoms with Gasteiger partial charge in [-0.2, -0.15) is 0 Å². The summed E-state index contributed by atoms with van der Waals surface area (Å²) in [6.45, 7) is 14.5. The molecule has 0 aromatic heterocycles. The predicted octanol–water partition coefficient (Wildman–Crippen LogP) is 6.69. The van der Waals surface area contributed by atoms with E-state index in [0.29, 0.717) is 34.5 Å². The summed E-state index contributed by atoms with van der Waals surface area (Å²) in [6.07, 6.45) is 12.3. The highest BCUT2D eigenvalue weighted by molar-refractivity contribution is 5.10. The second kappa shape index (κ2) is 8.36. The summed E-state index contributed by atoms with van der Waals surface area (Å²) in [5.41, 5.74) is 0.902. The van der Waals surface area contributed by atoms with Crippen molar-refractivity contribution in [3.8, 4) is 0 Å². The SMILES string of the molecule is CC(C)[C@H](C)C[C@H](O)[C@@H](C)[C@H]1CCC2[C@@H]3CC[C@H]4C[C@H](O)CC[C@]4(C)[C@H]3CC[C@@]21C. The Morgan fingerprint density at radius 3 is 2.20 bits per heavy atom. The second-order valence-electron chi connectivity index (χ2n) is 13.2. The van der Waals surface area contributed by atoms with Gasteiger partial charge in [0.2, 0.25) is 0 Å². The van der Waals surface area contributed by atoms with Crippen molar-refractivity contribution in [3.05, 3.63) is 0 Å². The van der Waals surface area contributed by atoms with Gasteiger partial charge in [-0.3, -0.25) is 0 Å². The van der Waals surface area contributed by atoms with E-state index in [1.165, 1.54) is 44.9 Å². The zero-order valence-corrected chi connectivity index (χ0v) is 20.7. The van der Waals surface area contributed by atoms with Crippen molar-refractivity contribution >= 4 is 0 Å². The predicted molar refractivity (Wildman–Crippen MR) is 125 cm³/mol. The molecule has 0 aromatic carbocycles. The van der Waals surface area contributed by atoms with Crippen molar-refractivity contribution < 1.29 is 10.2 Å². The third kappa shape index (κ3) is 3.70. The van der Waals surface area contributed by atoms with E-state index in [0.717, 1.165) is 42.9 Å². The van der Waals surface area contributed by atoms with Gasteiger partial charge in [-0.05, 0) is 122 Å². The van der Waals surface area contributed by atoms with E-state index in [4.69, 9.17) is 0 Å². The third-order valence-electron chi connectivity index (χ3n) is 11.7. The lowest BCUT2D eigenvalue weighted by atomic mass is 9.44. The number of hydrogen-bond donors (Lipinski definition) is 2. The van der Waals surface area contributed by atoms with Gasteiger partial charge in [0.25, 0.3) is 0 Å². The number of aliphatic hydroxyl groups is 2. The van der Waals surface area contributed by atoms with Crippen LogP contribution in [0.2, 0.25) is 0 Å². The fourth-order valence-electron chi connectivity index (χ4n) is 9.28. The smallest absolute Gasteiger partial charge is 0.0571 e. The minimum absolute atomic E-state index is 0.0417. The molecule has 4 aliphatic rings. The standard InChI is InChI=1S/C28H50O2/c1-17(2)18(3)15-26(30)19(4)23-9-10-24-22-8-7-20-16-21(29)11-13-27(20,5)25(22)12-14-28(23,24)6/h17-26,29-30H,7-16H2,1-6H3/t18-,19+,20+,21-,22+,23-,24?,25+,26+,27+,28-/m1/s1. The van der Waals surface area contributed by atoms with Crippen LogP contribution in [0.4, 0.5) is 0 Å². The highest BCUT2D eigenvalue weighted by Gasteiger charge is 2.60. The van der Waals surface area contributed by atoms with Gasteiger partial charge in [-0.15, -0.1) is 0 Å². The van der Waals surface area contributed by atoms with E-state index in [-0.39, 0.29) is 12.2 Å². The Bertz CT molecular complexity index is 601. The topological polar surface area (TPSA) is 40.5 Å². The van der Waals surface area contributed by atoms with Crippen LogP contribution in [-0.4, -0.2) is 22.4 Å². The van der Waals surface area contributed by atoms with Crippen LogP contribution in [0, 0.1) is 58.2 Å². The van der Waals surface area contributed by atoms with E-state index >= 15 is 0 Å². The molecule has 0 aliphatic heterocycles. The molecule has 0 heterocycles. The fraction of sp³-hybridized carbons (Fsp3) is 1.00. The summed E-state index contributed by atoms with van der Waals surface area (Å²) in [4.78, 5) is 0. The molecule has 2 heteroatoms. The van der Waals surface area contributed by atoms with Crippen molar-refractivity contribution in [1.82, 2.24) is 0 Å². The van der Waals surface area contributed by atoms with Crippen LogP contribution < -0.4 is 0 Å². The van der Waals surface area contributed by atoms with Crippen molar-refractivity contribution in [2.24, 2.45) is 58.2 Å². The van der Waals surface area contributed by atoms with Gasteiger partial charge >= 0.3 is 0 Å². The van der Waals surface area contributed by atoms with Crippen LogP contribution in [0.1, 0.15) is 106 Å². The van der Waals surface area contributed by atoms with Gasteiger partial charge in [0, 0.05) is 0 Å². The zero-order valence-electron chi connectivity index (χ0n) is 20.7. The molecular weight excluding hydrogens is 368 g/mol.